The van der Waals surface area contributed by atoms with Gasteiger partial charge in [0.25, 0.3) is 0 Å². The van der Waals surface area contributed by atoms with Gasteiger partial charge in [0.05, 0.1) is 17.8 Å². The lowest BCUT2D eigenvalue weighted by Crippen LogP contribution is -2.63. The van der Waals surface area contributed by atoms with Crippen molar-refractivity contribution >= 4 is 11.5 Å². The number of Topliss-reactive ketones (excluding diaryl/α,β-unsaturated/α-hetero) is 1. The van der Waals surface area contributed by atoms with Crippen LogP contribution in [0.5, 0.6) is 0 Å². The van der Waals surface area contributed by atoms with Crippen LogP contribution in [0.2, 0.25) is 0 Å². The van der Waals surface area contributed by atoms with E-state index in [4.69, 9.17) is 0 Å². The van der Waals surface area contributed by atoms with E-state index in [9.17, 15) is 9.90 Å². The number of aromatic nitrogens is 2. The van der Waals surface area contributed by atoms with Crippen molar-refractivity contribution in [2.24, 2.45) is 52.9 Å². The van der Waals surface area contributed by atoms with E-state index in [1.54, 1.807) is 0 Å². The minimum Gasteiger partial charge on any atom is -0.393 e. The smallest absolute Gasteiger partial charge is 0.161 e. The molecule has 8 unspecified atom stereocenters. The molecule has 214 valence electrons. The normalized spacial score (nSPS) is 43.0. The summed E-state index contributed by atoms with van der Waals surface area (Å²) in [7, 11) is 1.93. The molecule has 5 heteroatoms. The lowest BCUT2D eigenvalue weighted by molar-refractivity contribution is -0.202. The quantitative estimate of drug-likeness (QED) is 0.453. The number of aliphatic hydroxyl groups is 1. The van der Waals surface area contributed by atoms with Crippen molar-refractivity contribution in [2.75, 3.05) is 0 Å². The molecule has 39 heavy (non-hydrogen) atoms. The number of aryl methyl sites for hydroxylation is 1. The highest BCUT2D eigenvalue weighted by atomic mass is 16.3. The molecule has 0 saturated heterocycles. The first-order chi connectivity index (χ1) is 18.2. The van der Waals surface area contributed by atoms with E-state index in [-0.39, 0.29) is 33.8 Å². The molecule has 1 aromatic heterocycles. The molecule has 8 atom stereocenters. The molecule has 0 spiro atoms. The van der Waals surface area contributed by atoms with Crippen molar-refractivity contribution in [3.05, 3.63) is 35.7 Å². The molecule has 5 aliphatic carbocycles. The maximum Gasteiger partial charge on any atom is 0.161 e. The summed E-state index contributed by atoms with van der Waals surface area (Å²) in [4.78, 5) is 13.7. The third-order valence-corrected chi connectivity index (χ3v) is 13.0. The van der Waals surface area contributed by atoms with Gasteiger partial charge in [0.2, 0.25) is 0 Å². The van der Waals surface area contributed by atoms with Crippen molar-refractivity contribution in [1.29, 1.82) is 0 Å². The van der Waals surface area contributed by atoms with Crippen LogP contribution >= 0.6 is 0 Å². The van der Waals surface area contributed by atoms with E-state index in [1.165, 1.54) is 37.7 Å². The van der Waals surface area contributed by atoms with Gasteiger partial charge in [-0.1, -0.05) is 48.1 Å². The summed E-state index contributed by atoms with van der Waals surface area (Å²) in [6.45, 7) is 18.7. The SMILES string of the molecule is C=C(NC12CCC3C(CCC4C3(C)CCC3C(C)(C)C(O)CCC34C)C1=C(C(C)C)C(=O)C2)c1cnn(C)c1. The monoisotopic (exact) mass is 533 g/mol. The zero-order valence-corrected chi connectivity index (χ0v) is 25.4. The lowest BCUT2D eigenvalue weighted by Gasteiger charge is -2.68. The van der Waals surface area contributed by atoms with E-state index in [0.717, 1.165) is 36.1 Å². The summed E-state index contributed by atoms with van der Waals surface area (Å²) in [5.41, 5.74) is 4.66. The van der Waals surface area contributed by atoms with Crippen LogP contribution in [0.15, 0.2) is 30.1 Å². The van der Waals surface area contributed by atoms with Crippen molar-refractivity contribution < 1.29 is 9.90 Å². The second-order valence-corrected chi connectivity index (χ2v) is 15.5. The molecular formula is C34H51N3O2. The largest absolute Gasteiger partial charge is 0.393 e. The molecule has 0 aliphatic heterocycles. The number of fused-ring (bicyclic) bond motifs is 7. The van der Waals surface area contributed by atoms with Crippen molar-refractivity contribution in [3.8, 4) is 0 Å². The predicted molar refractivity (Wildman–Crippen MR) is 156 cm³/mol. The zero-order valence-electron chi connectivity index (χ0n) is 25.4. The number of carbonyl (C=O) groups excluding carboxylic acids is 1. The Kier molecular flexibility index (Phi) is 6.17. The Balaban J connectivity index is 1.37. The molecule has 4 saturated carbocycles. The van der Waals surface area contributed by atoms with E-state index in [1.807, 2.05) is 24.1 Å². The van der Waals surface area contributed by atoms with Gasteiger partial charge in [-0.3, -0.25) is 9.48 Å². The van der Waals surface area contributed by atoms with Gasteiger partial charge in [-0.05, 0) is 108 Å². The fraction of sp³-hybridized carbons (Fsp3) is 0.765. The molecule has 0 aromatic carbocycles. The Bertz CT molecular complexity index is 1220. The molecule has 4 fully saturated rings. The summed E-state index contributed by atoms with van der Waals surface area (Å²) in [6.07, 6.45) is 13.4. The van der Waals surface area contributed by atoms with Gasteiger partial charge in [-0.25, -0.2) is 0 Å². The van der Waals surface area contributed by atoms with Crippen molar-refractivity contribution in [3.63, 3.8) is 0 Å². The van der Waals surface area contributed by atoms with E-state index in [2.05, 4.69) is 58.5 Å². The summed E-state index contributed by atoms with van der Waals surface area (Å²) < 4.78 is 1.82. The van der Waals surface area contributed by atoms with Gasteiger partial charge >= 0.3 is 0 Å². The summed E-state index contributed by atoms with van der Waals surface area (Å²) in [5, 5.41) is 19.2. The van der Waals surface area contributed by atoms with Gasteiger partial charge in [-0.15, -0.1) is 0 Å². The van der Waals surface area contributed by atoms with Crippen LogP contribution in [0, 0.1) is 45.8 Å². The van der Waals surface area contributed by atoms with E-state index in [0.29, 0.717) is 35.9 Å². The van der Waals surface area contributed by atoms with Crippen molar-refractivity contribution in [2.45, 2.75) is 111 Å². The van der Waals surface area contributed by atoms with Crippen LogP contribution in [0.4, 0.5) is 0 Å². The van der Waals surface area contributed by atoms with Crippen LogP contribution in [-0.4, -0.2) is 32.3 Å². The standard InChI is InChI=1S/C34H51N3O2/c1-20(2)29-25(38)17-34(36-21(3)22-18-35-37(8)19-22)16-11-24-23(30(29)34)9-10-27-32(24,6)14-12-26-31(4,5)28(39)13-15-33(26,27)7/h18-20,23-24,26-28,36,39H,3,9-17H2,1-2,4-8H3. The molecule has 0 bridgehead atoms. The van der Waals surface area contributed by atoms with Gasteiger partial charge < -0.3 is 10.4 Å². The first-order valence-corrected chi connectivity index (χ1v) is 15.7. The number of carbonyl (C=O) groups is 1. The number of hydrogen-bond donors (Lipinski definition) is 2. The Labute approximate surface area is 235 Å². The molecule has 0 amide bonds. The number of hydrogen-bond acceptors (Lipinski definition) is 4. The Morgan fingerprint density at radius 1 is 1.05 bits per heavy atom. The second kappa shape index (κ2) is 8.81. The summed E-state index contributed by atoms with van der Waals surface area (Å²) in [6, 6.07) is 0. The molecule has 5 nitrogen and oxygen atoms in total. The number of nitrogens with zero attached hydrogens (tertiary/aromatic N) is 2. The Morgan fingerprint density at radius 2 is 1.77 bits per heavy atom. The molecular weight excluding hydrogens is 482 g/mol. The second-order valence-electron chi connectivity index (χ2n) is 15.5. The van der Waals surface area contributed by atoms with Crippen molar-refractivity contribution in [1.82, 2.24) is 15.1 Å². The Hall–Kier alpha value is -1.88. The van der Waals surface area contributed by atoms with Gasteiger partial charge in [0, 0.05) is 30.9 Å². The molecule has 6 rings (SSSR count). The maximum atomic E-state index is 13.7. The molecule has 5 aliphatic rings. The number of allylic oxidation sites excluding steroid dienone is 1. The maximum absolute atomic E-state index is 13.7. The minimum absolute atomic E-state index is 0.0192. The van der Waals surface area contributed by atoms with E-state index < -0.39 is 0 Å². The van der Waals surface area contributed by atoms with Gasteiger partial charge in [0.15, 0.2) is 5.78 Å². The van der Waals surface area contributed by atoms with Crippen LogP contribution in [-0.2, 0) is 11.8 Å². The average Bonchev–Trinajstić information content (AvgIpc) is 3.41. The number of nitrogens with one attached hydrogen (secondary N) is 1. The molecule has 2 N–H and O–H groups in total. The zero-order chi connectivity index (χ0) is 28.1. The number of aliphatic hydroxyl groups excluding tert-OH is 1. The molecule has 1 aromatic rings. The summed E-state index contributed by atoms with van der Waals surface area (Å²) >= 11 is 0. The van der Waals surface area contributed by atoms with E-state index >= 15 is 0 Å². The highest BCUT2D eigenvalue weighted by Crippen LogP contribution is 2.72. The predicted octanol–water partition coefficient (Wildman–Crippen LogP) is 6.68. The van der Waals surface area contributed by atoms with Crippen LogP contribution in [0.25, 0.3) is 5.70 Å². The minimum atomic E-state index is -0.313. The van der Waals surface area contributed by atoms with Crippen LogP contribution < -0.4 is 5.32 Å². The first-order valence-electron chi connectivity index (χ1n) is 15.7. The highest BCUT2D eigenvalue weighted by molar-refractivity contribution is 6.01. The van der Waals surface area contributed by atoms with Gasteiger partial charge in [-0.2, -0.15) is 5.10 Å². The Morgan fingerprint density at radius 3 is 2.44 bits per heavy atom. The van der Waals surface area contributed by atoms with Crippen LogP contribution in [0.1, 0.15) is 105 Å². The van der Waals surface area contributed by atoms with Crippen LogP contribution in [0.3, 0.4) is 0 Å². The topological polar surface area (TPSA) is 67.2 Å². The third-order valence-electron chi connectivity index (χ3n) is 13.0. The highest BCUT2D eigenvalue weighted by Gasteiger charge is 2.66. The fourth-order valence-electron chi connectivity index (χ4n) is 11.4. The number of ketones is 1. The third kappa shape index (κ3) is 3.73. The lowest BCUT2D eigenvalue weighted by atomic mass is 9.37. The first kappa shape index (κ1) is 27.3. The fourth-order valence-corrected chi connectivity index (χ4v) is 11.4. The summed E-state index contributed by atoms with van der Waals surface area (Å²) in [5.74, 6) is 2.91. The average molecular weight is 534 g/mol. The van der Waals surface area contributed by atoms with Gasteiger partial charge in [0.1, 0.15) is 0 Å². The molecule has 1 heterocycles. The molecule has 0 radical (unpaired) electrons. The number of rotatable bonds is 4.